The summed E-state index contributed by atoms with van der Waals surface area (Å²) in [6.07, 6.45) is 3.87. The van der Waals surface area contributed by atoms with Crippen LogP contribution in [0.25, 0.3) is 5.65 Å². The number of nitrogens with zero attached hydrogens (tertiary/aromatic N) is 6. The van der Waals surface area contributed by atoms with E-state index in [9.17, 15) is 13.9 Å². The van der Waals surface area contributed by atoms with E-state index in [0.29, 0.717) is 22.3 Å². The van der Waals surface area contributed by atoms with Crippen LogP contribution in [0.3, 0.4) is 0 Å². The van der Waals surface area contributed by atoms with Crippen LogP contribution in [0.4, 0.5) is 26.1 Å². The molecule has 3 aromatic heterocycles. The molecule has 178 valence electrons. The van der Waals surface area contributed by atoms with Gasteiger partial charge < -0.3 is 15.3 Å². The largest absolute Gasteiger partial charge is 0.395 e. The van der Waals surface area contributed by atoms with Gasteiger partial charge in [-0.05, 0) is 42.7 Å². The number of fused-ring (bicyclic) bond motifs is 1. The number of hydrogen-bond donors (Lipinski definition) is 2. The van der Waals surface area contributed by atoms with Crippen molar-refractivity contribution in [3.63, 3.8) is 0 Å². The second kappa shape index (κ2) is 9.19. The van der Waals surface area contributed by atoms with E-state index in [1.807, 2.05) is 42.6 Å². The Balaban J connectivity index is 1.34. The highest BCUT2D eigenvalue weighted by atomic mass is 35.5. The van der Waals surface area contributed by atoms with Gasteiger partial charge >= 0.3 is 0 Å². The Kier molecular flexibility index (Phi) is 6.09. The number of aliphatic hydroxyl groups is 1. The Morgan fingerprint density at radius 3 is 2.62 bits per heavy atom. The number of alkyl halides is 2. The third-order valence-corrected chi connectivity index (χ3v) is 6.63. The van der Waals surface area contributed by atoms with Crippen LogP contribution in [-0.2, 0) is 12.0 Å². The van der Waals surface area contributed by atoms with Gasteiger partial charge in [0.05, 0.1) is 24.2 Å². The fourth-order valence-corrected chi connectivity index (χ4v) is 4.63. The van der Waals surface area contributed by atoms with Crippen LogP contribution in [0.2, 0.25) is 5.02 Å². The molecule has 8 nitrogen and oxygen atoms in total. The quantitative estimate of drug-likeness (QED) is 0.408. The number of anilines is 3. The molecule has 11 heteroatoms. The molecule has 2 N–H and O–H groups in total. The monoisotopic (exact) mass is 487 g/mol. The van der Waals surface area contributed by atoms with Gasteiger partial charge in [0.25, 0.3) is 6.43 Å². The number of pyridine rings is 1. The Morgan fingerprint density at radius 1 is 1.15 bits per heavy atom. The maximum atomic E-state index is 12.6. The molecule has 1 fully saturated rings. The predicted octanol–water partition coefficient (Wildman–Crippen LogP) is 4.12. The van der Waals surface area contributed by atoms with E-state index in [1.165, 1.54) is 17.1 Å². The summed E-state index contributed by atoms with van der Waals surface area (Å²) < 4.78 is 28.0. The minimum absolute atomic E-state index is 0.0743. The normalized spacial score (nSPS) is 15.9. The third-order valence-electron chi connectivity index (χ3n) is 6.38. The van der Waals surface area contributed by atoms with Gasteiger partial charge in [0.1, 0.15) is 6.54 Å². The lowest BCUT2D eigenvalue weighted by Gasteiger charge is -2.42. The number of benzene rings is 1. The van der Waals surface area contributed by atoms with Crippen LogP contribution >= 0.6 is 11.6 Å². The third kappa shape index (κ3) is 4.43. The fraction of sp³-hybridized carbons (Fsp3) is 0.348. The molecular formula is C23H24ClF2N7O. The van der Waals surface area contributed by atoms with Crippen molar-refractivity contribution in [2.24, 2.45) is 0 Å². The zero-order valence-corrected chi connectivity index (χ0v) is 19.0. The van der Waals surface area contributed by atoms with Gasteiger partial charge in [0.2, 0.25) is 5.95 Å². The summed E-state index contributed by atoms with van der Waals surface area (Å²) in [4.78, 5) is 6.88. The zero-order valence-electron chi connectivity index (χ0n) is 18.3. The first-order chi connectivity index (χ1) is 16.5. The van der Waals surface area contributed by atoms with Crippen molar-refractivity contribution in [1.29, 1.82) is 0 Å². The molecule has 4 aromatic rings. The molecule has 1 saturated heterocycles. The molecule has 1 aliphatic heterocycles. The molecule has 0 radical (unpaired) electrons. The molecule has 0 unspecified atom stereocenters. The number of hydrogen-bond acceptors (Lipinski definition) is 6. The van der Waals surface area contributed by atoms with Crippen molar-refractivity contribution in [1.82, 2.24) is 24.4 Å². The first-order valence-corrected chi connectivity index (χ1v) is 11.4. The minimum Gasteiger partial charge on any atom is -0.395 e. The SMILES string of the molecule is OCC1(c2ccc(Cl)cc2)CCN(c2cccn3nc(Nc4cnn(CC(F)F)c4)nc23)CC1. The zero-order chi connectivity index (χ0) is 23.7. The molecule has 5 rings (SSSR count). The molecular weight excluding hydrogens is 464 g/mol. The Bertz CT molecular complexity index is 1270. The predicted molar refractivity (Wildman–Crippen MR) is 126 cm³/mol. The van der Waals surface area contributed by atoms with Gasteiger partial charge in [-0.25, -0.2) is 13.3 Å². The van der Waals surface area contributed by atoms with Crippen molar-refractivity contribution in [2.45, 2.75) is 31.2 Å². The lowest BCUT2D eigenvalue weighted by atomic mass is 9.73. The smallest absolute Gasteiger partial charge is 0.257 e. The van der Waals surface area contributed by atoms with E-state index in [2.05, 4.69) is 25.4 Å². The second-order valence-electron chi connectivity index (χ2n) is 8.50. The van der Waals surface area contributed by atoms with Crippen LogP contribution < -0.4 is 10.2 Å². The standard InChI is InChI=1S/C23H24ClF2N7O/c24-17-5-3-16(4-6-17)23(15-34)7-10-31(11-8-23)19-2-1-9-33-21(19)29-22(30-33)28-18-12-27-32(13-18)14-20(25)26/h1-6,9,12-13,20,34H,7-8,10-11,14-15H2,(H,28,30). The summed E-state index contributed by atoms with van der Waals surface area (Å²) in [6.45, 7) is 1.10. The maximum Gasteiger partial charge on any atom is 0.257 e. The van der Waals surface area contributed by atoms with Gasteiger partial charge in [-0.3, -0.25) is 4.68 Å². The number of piperidine rings is 1. The van der Waals surface area contributed by atoms with E-state index in [1.54, 1.807) is 4.52 Å². The number of halogens is 3. The molecule has 1 aromatic carbocycles. The Hall–Kier alpha value is -3.24. The van der Waals surface area contributed by atoms with Gasteiger partial charge in [0.15, 0.2) is 5.65 Å². The average Bonchev–Trinajstić information content (AvgIpc) is 3.45. The topological polar surface area (TPSA) is 83.5 Å². The van der Waals surface area contributed by atoms with Gasteiger partial charge in [-0.15, -0.1) is 5.10 Å². The lowest BCUT2D eigenvalue weighted by molar-refractivity contribution is 0.122. The lowest BCUT2D eigenvalue weighted by Crippen LogP contribution is -2.45. The van der Waals surface area contributed by atoms with Gasteiger partial charge in [-0.2, -0.15) is 10.1 Å². The van der Waals surface area contributed by atoms with E-state index in [4.69, 9.17) is 11.6 Å². The van der Waals surface area contributed by atoms with Crippen LogP contribution in [0.1, 0.15) is 18.4 Å². The summed E-state index contributed by atoms with van der Waals surface area (Å²) in [6, 6.07) is 11.6. The van der Waals surface area contributed by atoms with Crippen LogP contribution in [0, 0.1) is 0 Å². The highest BCUT2D eigenvalue weighted by molar-refractivity contribution is 6.30. The first kappa shape index (κ1) is 22.5. The first-order valence-electron chi connectivity index (χ1n) is 11.0. The molecule has 0 spiro atoms. The fourth-order valence-electron chi connectivity index (χ4n) is 4.51. The van der Waals surface area contributed by atoms with E-state index < -0.39 is 13.0 Å². The maximum absolute atomic E-state index is 12.6. The number of rotatable bonds is 7. The van der Waals surface area contributed by atoms with E-state index in [-0.39, 0.29) is 12.0 Å². The molecule has 0 bridgehead atoms. The molecule has 0 atom stereocenters. The Morgan fingerprint density at radius 2 is 1.91 bits per heavy atom. The number of nitrogens with one attached hydrogen (secondary N) is 1. The summed E-state index contributed by atoms with van der Waals surface area (Å²) >= 11 is 6.05. The van der Waals surface area contributed by atoms with Gasteiger partial charge in [0, 0.05) is 35.9 Å². The summed E-state index contributed by atoms with van der Waals surface area (Å²) in [5, 5.41) is 22.4. The molecule has 0 saturated carbocycles. The van der Waals surface area contributed by atoms with Crippen LogP contribution in [0.15, 0.2) is 55.0 Å². The number of aromatic nitrogens is 5. The Labute approximate surface area is 199 Å². The van der Waals surface area contributed by atoms with Crippen LogP contribution in [0.5, 0.6) is 0 Å². The molecule has 4 heterocycles. The van der Waals surface area contributed by atoms with Crippen LogP contribution in [-0.4, -0.2) is 55.6 Å². The molecule has 0 aliphatic carbocycles. The highest BCUT2D eigenvalue weighted by Gasteiger charge is 2.36. The minimum atomic E-state index is -2.47. The molecule has 0 amide bonds. The molecule has 1 aliphatic rings. The van der Waals surface area contributed by atoms with Crippen molar-refractivity contribution in [2.75, 3.05) is 29.9 Å². The van der Waals surface area contributed by atoms with E-state index >= 15 is 0 Å². The van der Waals surface area contributed by atoms with Gasteiger partial charge in [-0.1, -0.05) is 23.7 Å². The summed E-state index contributed by atoms with van der Waals surface area (Å²) in [5.41, 5.74) is 2.96. The van der Waals surface area contributed by atoms with E-state index in [0.717, 1.165) is 37.2 Å². The van der Waals surface area contributed by atoms with Crippen molar-refractivity contribution in [3.8, 4) is 0 Å². The van der Waals surface area contributed by atoms with Crippen molar-refractivity contribution >= 4 is 34.6 Å². The second-order valence-corrected chi connectivity index (χ2v) is 8.93. The van der Waals surface area contributed by atoms with Crippen molar-refractivity contribution in [3.05, 3.63) is 65.6 Å². The highest BCUT2D eigenvalue weighted by Crippen LogP contribution is 2.37. The molecule has 34 heavy (non-hydrogen) atoms. The summed E-state index contributed by atoms with van der Waals surface area (Å²) in [5.74, 6) is 0.354. The average molecular weight is 488 g/mol. The summed E-state index contributed by atoms with van der Waals surface area (Å²) in [7, 11) is 0. The van der Waals surface area contributed by atoms with Crippen molar-refractivity contribution < 1.29 is 13.9 Å². The number of aliphatic hydroxyl groups excluding tert-OH is 1.